The van der Waals surface area contributed by atoms with Crippen molar-refractivity contribution in [1.82, 2.24) is 15.5 Å². The van der Waals surface area contributed by atoms with E-state index in [1.54, 1.807) is 0 Å². The van der Waals surface area contributed by atoms with E-state index in [0.29, 0.717) is 18.8 Å². The molecule has 0 aliphatic heterocycles. The monoisotopic (exact) mass is 246 g/mol. The lowest BCUT2D eigenvalue weighted by molar-refractivity contribution is -0.120. The largest absolute Gasteiger partial charge is 0.348 e. The summed E-state index contributed by atoms with van der Waals surface area (Å²) in [5, 5.41) is 6.33. The molecule has 2 aromatic rings. The molecule has 3 N–H and O–H groups in total. The molecule has 0 radical (unpaired) electrons. The van der Waals surface area contributed by atoms with Crippen LogP contribution >= 0.6 is 0 Å². The molecule has 6 heteroatoms. The maximum atomic E-state index is 11.7. The number of rotatable bonds is 5. The number of hydrogen-bond donors (Lipinski definition) is 2. The summed E-state index contributed by atoms with van der Waals surface area (Å²) in [4.78, 5) is 15.6. The van der Waals surface area contributed by atoms with Crippen LogP contribution in [0.3, 0.4) is 0 Å². The van der Waals surface area contributed by atoms with E-state index in [9.17, 15) is 4.79 Å². The van der Waals surface area contributed by atoms with Gasteiger partial charge in [0.25, 0.3) is 0 Å². The van der Waals surface area contributed by atoms with Crippen molar-refractivity contribution >= 4 is 5.91 Å². The lowest BCUT2D eigenvalue weighted by Crippen LogP contribution is -2.25. The van der Waals surface area contributed by atoms with Crippen LogP contribution in [0.25, 0.3) is 0 Å². The van der Waals surface area contributed by atoms with Crippen LogP contribution < -0.4 is 11.1 Å². The molecule has 0 aliphatic carbocycles. The second-order valence-electron chi connectivity index (χ2n) is 3.77. The second kappa shape index (κ2) is 5.92. The van der Waals surface area contributed by atoms with E-state index in [1.165, 1.54) is 6.39 Å². The Balaban J connectivity index is 1.90. The van der Waals surface area contributed by atoms with Crippen LogP contribution in [0.2, 0.25) is 0 Å². The van der Waals surface area contributed by atoms with Crippen molar-refractivity contribution in [3.8, 4) is 0 Å². The molecule has 0 bridgehead atoms. The van der Waals surface area contributed by atoms with Gasteiger partial charge >= 0.3 is 0 Å². The molecule has 0 fully saturated rings. The molecule has 2 rings (SSSR count). The van der Waals surface area contributed by atoms with Gasteiger partial charge in [0.15, 0.2) is 5.82 Å². The van der Waals surface area contributed by atoms with Gasteiger partial charge in [-0.2, -0.15) is 4.98 Å². The number of nitrogens with two attached hydrogens (primary N) is 1. The fourth-order valence-electron chi connectivity index (χ4n) is 1.61. The van der Waals surface area contributed by atoms with Crippen molar-refractivity contribution in [2.45, 2.75) is 19.5 Å². The third-order valence-electron chi connectivity index (χ3n) is 2.54. The molecule has 18 heavy (non-hydrogen) atoms. The highest BCUT2D eigenvalue weighted by molar-refractivity contribution is 5.78. The predicted molar refractivity (Wildman–Crippen MR) is 64.2 cm³/mol. The highest BCUT2D eigenvalue weighted by atomic mass is 16.5. The van der Waals surface area contributed by atoms with E-state index >= 15 is 0 Å². The van der Waals surface area contributed by atoms with Crippen LogP contribution in [-0.2, 0) is 24.3 Å². The van der Waals surface area contributed by atoms with Crippen molar-refractivity contribution < 1.29 is 9.32 Å². The Morgan fingerprint density at radius 3 is 2.78 bits per heavy atom. The molecular formula is C12H14N4O2. The van der Waals surface area contributed by atoms with E-state index < -0.39 is 0 Å². The quantitative estimate of drug-likeness (QED) is 0.795. The SMILES string of the molecule is NCc1ccccc1CC(=O)NCc1ncon1. The summed E-state index contributed by atoms with van der Waals surface area (Å²) in [6, 6.07) is 7.61. The first kappa shape index (κ1) is 12.3. The number of carbonyl (C=O) groups is 1. The van der Waals surface area contributed by atoms with E-state index in [2.05, 4.69) is 20.0 Å². The van der Waals surface area contributed by atoms with Crippen LogP contribution in [0.1, 0.15) is 17.0 Å². The van der Waals surface area contributed by atoms with Gasteiger partial charge in [-0.3, -0.25) is 4.79 Å². The molecule has 1 heterocycles. The van der Waals surface area contributed by atoms with Crippen LogP contribution in [0.5, 0.6) is 0 Å². The van der Waals surface area contributed by atoms with E-state index in [4.69, 9.17) is 5.73 Å². The normalized spacial score (nSPS) is 10.3. The van der Waals surface area contributed by atoms with Crippen molar-refractivity contribution in [3.63, 3.8) is 0 Å². The Hall–Kier alpha value is -2.21. The van der Waals surface area contributed by atoms with E-state index in [0.717, 1.165) is 11.1 Å². The Morgan fingerprint density at radius 1 is 1.33 bits per heavy atom. The van der Waals surface area contributed by atoms with Gasteiger partial charge in [0, 0.05) is 6.54 Å². The molecule has 0 saturated carbocycles. The summed E-state index contributed by atoms with van der Waals surface area (Å²) in [6.07, 6.45) is 1.52. The number of nitrogens with zero attached hydrogens (tertiary/aromatic N) is 2. The number of benzene rings is 1. The summed E-state index contributed by atoms with van der Waals surface area (Å²) >= 11 is 0. The summed E-state index contributed by atoms with van der Waals surface area (Å²) in [6.45, 7) is 0.689. The number of nitrogens with one attached hydrogen (secondary N) is 1. The first-order valence-corrected chi connectivity index (χ1v) is 5.58. The molecule has 0 aliphatic rings. The van der Waals surface area contributed by atoms with Crippen molar-refractivity contribution in [3.05, 3.63) is 47.6 Å². The molecule has 1 amide bonds. The second-order valence-corrected chi connectivity index (χ2v) is 3.77. The van der Waals surface area contributed by atoms with Crippen molar-refractivity contribution in [1.29, 1.82) is 0 Å². The maximum absolute atomic E-state index is 11.7. The van der Waals surface area contributed by atoms with Crippen LogP contribution in [0.15, 0.2) is 35.2 Å². The highest BCUT2D eigenvalue weighted by Gasteiger charge is 2.07. The zero-order chi connectivity index (χ0) is 12.8. The van der Waals surface area contributed by atoms with Gasteiger partial charge in [-0.25, -0.2) is 0 Å². The average Bonchev–Trinajstić information content (AvgIpc) is 2.90. The third-order valence-corrected chi connectivity index (χ3v) is 2.54. The fourth-order valence-corrected chi connectivity index (χ4v) is 1.61. The molecular weight excluding hydrogens is 232 g/mol. The van der Waals surface area contributed by atoms with Gasteiger partial charge in [-0.15, -0.1) is 0 Å². The fraction of sp³-hybridized carbons (Fsp3) is 0.250. The third kappa shape index (κ3) is 3.14. The molecule has 1 aromatic carbocycles. The molecule has 0 spiro atoms. The predicted octanol–water partition coefficient (Wildman–Crippen LogP) is 0.387. The van der Waals surface area contributed by atoms with Gasteiger partial charge in [-0.1, -0.05) is 29.4 Å². The van der Waals surface area contributed by atoms with E-state index in [-0.39, 0.29) is 12.5 Å². The summed E-state index contributed by atoms with van der Waals surface area (Å²) in [5.41, 5.74) is 7.53. The number of amides is 1. The molecule has 0 atom stereocenters. The summed E-state index contributed by atoms with van der Waals surface area (Å²) in [5.74, 6) is 0.358. The minimum absolute atomic E-state index is 0.0966. The molecule has 6 nitrogen and oxygen atoms in total. The summed E-state index contributed by atoms with van der Waals surface area (Å²) < 4.78 is 4.57. The van der Waals surface area contributed by atoms with Crippen LogP contribution in [0.4, 0.5) is 0 Å². The van der Waals surface area contributed by atoms with Crippen LogP contribution in [0, 0.1) is 0 Å². The Bertz CT molecular complexity index is 511. The number of aromatic nitrogens is 2. The average molecular weight is 246 g/mol. The minimum atomic E-state index is -0.0966. The number of carbonyl (C=O) groups excluding carboxylic acids is 1. The summed E-state index contributed by atoms with van der Waals surface area (Å²) in [7, 11) is 0. The lowest BCUT2D eigenvalue weighted by Gasteiger charge is -2.07. The Morgan fingerprint density at radius 2 is 2.11 bits per heavy atom. The minimum Gasteiger partial charge on any atom is -0.348 e. The van der Waals surface area contributed by atoms with Gasteiger partial charge in [0.05, 0.1) is 13.0 Å². The molecule has 1 aromatic heterocycles. The first-order valence-electron chi connectivity index (χ1n) is 5.58. The van der Waals surface area contributed by atoms with Gasteiger partial charge in [0.1, 0.15) is 0 Å². The molecule has 0 unspecified atom stereocenters. The highest BCUT2D eigenvalue weighted by Crippen LogP contribution is 2.08. The maximum Gasteiger partial charge on any atom is 0.224 e. The van der Waals surface area contributed by atoms with Gasteiger partial charge in [-0.05, 0) is 11.1 Å². The Kier molecular flexibility index (Phi) is 4.03. The number of hydrogen-bond acceptors (Lipinski definition) is 5. The van der Waals surface area contributed by atoms with Gasteiger partial charge < -0.3 is 15.6 Å². The van der Waals surface area contributed by atoms with Crippen molar-refractivity contribution in [2.24, 2.45) is 5.73 Å². The van der Waals surface area contributed by atoms with Crippen molar-refractivity contribution in [2.75, 3.05) is 0 Å². The topological polar surface area (TPSA) is 94.0 Å². The Labute approximate surface area is 104 Å². The van der Waals surface area contributed by atoms with Crippen LogP contribution in [-0.4, -0.2) is 16.0 Å². The first-order chi connectivity index (χ1) is 8.79. The molecule has 94 valence electrons. The standard InChI is InChI=1S/C12H14N4O2/c13-6-10-4-2-1-3-9(10)5-12(17)14-7-11-15-8-18-16-11/h1-4,8H,5-7,13H2,(H,14,17). The lowest BCUT2D eigenvalue weighted by atomic mass is 10.0. The zero-order valence-corrected chi connectivity index (χ0v) is 9.80. The van der Waals surface area contributed by atoms with E-state index in [1.807, 2.05) is 24.3 Å². The molecule has 0 saturated heterocycles. The smallest absolute Gasteiger partial charge is 0.224 e. The zero-order valence-electron chi connectivity index (χ0n) is 9.80. The van der Waals surface area contributed by atoms with Gasteiger partial charge in [0.2, 0.25) is 12.3 Å².